The van der Waals surface area contributed by atoms with Crippen LogP contribution < -0.4 is 9.47 Å². The van der Waals surface area contributed by atoms with E-state index < -0.39 is 0 Å². The Morgan fingerprint density at radius 3 is 1.03 bits per heavy atom. The smallest absolute Gasteiger partial charge is 0.128 e. The van der Waals surface area contributed by atoms with Crippen LogP contribution in [-0.4, -0.2) is 197 Å². The molecule has 0 N–H and O–H groups in total. The molecule has 0 aromatic heterocycles. The van der Waals surface area contributed by atoms with Gasteiger partial charge in [0.2, 0.25) is 0 Å². The van der Waals surface area contributed by atoms with Gasteiger partial charge in [0, 0.05) is 19.4 Å². The van der Waals surface area contributed by atoms with E-state index in [9.17, 15) is 0 Å². The molecule has 2 aromatic rings. The number of hydrogen-bond donors (Lipinski definition) is 0. The Morgan fingerprint density at radius 1 is 0.397 bits per heavy atom. The Hall–Kier alpha value is -2.60. The molecule has 0 aliphatic rings. The molecule has 2 rings (SSSR count). The predicted octanol–water partition coefficient (Wildman–Crippen LogP) is 8.72. The molecule has 0 saturated heterocycles. The van der Waals surface area contributed by atoms with Crippen LogP contribution in [-0.2, 0) is 0 Å². The highest BCUT2D eigenvalue weighted by Crippen LogP contribution is 2.23. The Morgan fingerprint density at radius 2 is 0.707 bits per heavy atom. The Bertz CT molecular complexity index is 1390. The number of benzene rings is 2. The SMILES string of the molecule is CCCCCC[N+](C)(C)CC[N+](C)(C)CCCCCC[N+](C)(C)CC[N+](C)(C)CCCOc1ccc(N=Nc2ccc(OCCC[N+](C)(C)CCN(C)C)cc2)cc1. The van der Waals surface area contributed by atoms with E-state index in [1.807, 2.05) is 48.5 Å². The third-order valence-corrected chi connectivity index (χ3v) is 12.0. The van der Waals surface area contributed by atoms with Crippen LogP contribution >= 0.6 is 0 Å². The molecule has 0 aliphatic heterocycles. The number of likely N-dealkylation sites (N-methyl/N-ethyl adjacent to an activating group) is 6. The van der Waals surface area contributed by atoms with E-state index in [1.165, 1.54) is 97.2 Å². The second kappa shape index (κ2) is 25.9. The Labute approximate surface area is 358 Å². The molecule has 10 heteroatoms. The standard InChI is InChI=1S/C48H93N8O2/c1-14-15-16-19-33-53(6,7)39-40-54(8,9)34-20-17-18-21-35-55(10,11)41-42-56(12,13)37-23-44-58-48-30-26-46(27-31-48)50-49-45-24-28-47(29-25-45)57-43-22-36-52(4,5)38-32-51(2)3/h24-31H,14-23,32-44H2,1-13H3/q+5. The summed E-state index contributed by atoms with van der Waals surface area (Å²) in [6.45, 7) is 17.0. The van der Waals surface area contributed by atoms with Gasteiger partial charge in [-0.3, -0.25) is 0 Å². The van der Waals surface area contributed by atoms with Crippen LogP contribution in [0.5, 0.6) is 11.5 Å². The maximum absolute atomic E-state index is 6.11. The lowest BCUT2D eigenvalue weighted by atomic mass is 10.1. The van der Waals surface area contributed by atoms with Gasteiger partial charge in [-0.1, -0.05) is 19.8 Å². The lowest BCUT2D eigenvalue weighted by Gasteiger charge is -2.36. The van der Waals surface area contributed by atoms with E-state index in [1.54, 1.807) is 0 Å². The number of nitrogens with zero attached hydrogens (tertiary/aromatic N) is 8. The summed E-state index contributed by atoms with van der Waals surface area (Å²) in [6, 6.07) is 15.8. The zero-order valence-corrected chi connectivity index (χ0v) is 40.3. The van der Waals surface area contributed by atoms with E-state index in [4.69, 9.17) is 9.47 Å². The van der Waals surface area contributed by atoms with Crippen molar-refractivity contribution in [2.75, 3.05) is 170 Å². The van der Waals surface area contributed by atoms with Gasteiger partial charge in [-0.15, -0.1) is 0 Å². The van der Waals surface area contributed by atoms with Crippen molar-refractivity contribution in [3.05, 3.63) is 48.5 Å². The predicted molar refractivity (Wildman–Crippen MR) is 248 cm³/mol. The fourth-order valence-corrected chi connectivity index (χ4v) is 7.21. The van der Waals surface area contributed by atoms with Crippen molar-refractivity contribution in [3.63, 3.8) is 0 Å². The van der Waals surface area contributed by atoms with Gasteiger partial charge in [0.25, 0.3) is 0 Å². The van der Waals surface area contributed by atoms with Crippen molar-refractivity contribution >= 4 is 11.4 Å². The molecular weight excluding hydrogens is 721 g/mol. The van der Waals surface area contributed by atoms with Gasteiger partial charge in [0.15, 0.2) is 0 Å². The summed E-state index contributed by atoms with van der Waals surface area (Å²) >= 11 is 0. The first-order valence-corrected chi connectivity index (χ1v) is 22.8. The molecule has 58 heavy (non-hydrogen) atoms. The minimum atomic E-state index is 0.713. The van der Waals surface area contributed by atoms with E-state index in [2.05, 4.69) is 107 Å². The van der Waals surface area contributed by atoms with Gasteiger partial charge >= 0.3 is 0 Å². The quantitative estimate of drug-likeness (QED) is 0.0412. The molecule has 0 amide bonds. The number of hydrogen-bond acceptors (Lipinski definition) is 5. The largest absolute Gasteiger partial charge is 0.493 e. The Kier molecular flexibility index (Phi) is 23.0. The second-order valence-electron chi connectivity index (χ2n) is 20.8. The molecule has 2 aromatic carbocycles. The fraction of sp³-hybridized carbons (Fsp3) is 0.750. The van der Waals surface area contributed by atoms with Gasteiger partial charge in [-0.25, -0.2) is 0 Å². The van der Waals surface area contributed by atoms with E-state index >= 15 is 0 Å². The average Bonchev–Trinajstić information content (AvgIpc) is 3.16. The van der Waals surface area contributed by atoms with E-state index in [-0.39, 0.29) is 0 Å². The van der Waals surface area contributed by atoms with Crippen molar-refractivity contribution in [1.82, 2.24) is 4.90 Å². The lowest BCUT2D eigenvalue weighted by molar-refractivity contribution is -0.946. The highest BCUT2D eigenvalue weighted by molar-refractivity contribution is 5.44. The number of ether oxygens (including phenoxy) is 2. The molecule has 10 nitrogen and oxygen atoms in total. The molecular formula is C48H93N8O2+5. The molecule has 0 atom stereocenters. The van der Waals surface area contributed by atoms with Crippen LogP contribution in [0.2, 0.25) is 0 Å². The van der Waals surface area contributed by atoms with Crippen LogP contribution in [0.15, 0.2) is 58.8 Å². The normalized spacial score (nSPS) is 13.2. The zero-order valence-electron chi connectivity index (χ0n) is 40.3. The number of rotatable bonds is 33. The van der Waals surface area contributed by atoms with Gasteiger partial charge in [0.05, 0.1) is 134 Å². The first-order valence-electron chi connectivity index (χ1n) is 22.8. The molecule has 0 saturated carbocycles. The maximum Gasteiger partial charge on any atom is 0.128 e. The van der Waals surface area contributed by atoms with Gasteiger partial charge in [0.1, 0.15) is 37.7 Å². The maximum atomic E-state index is 6.11. The minimum Gasteiger partial charge on any atom is -0.493 e. The second-order valence-corrected chi connectivity index (χ2v) is 20.8. The van der Waals surface area contributed by atoms with E-state index in [0.29, 0.717) is 13.2 Å². The molecule has 0 bridgehead atoms. The number of unbranched alkanes of at least 4 members (excludes halogenated alkanes) is 6. The highest BCUT2D eigenvalue weighted by atomic mass is 16.5. The minimum absolute atomic E-state index is 0.713. The average molecular weight is 814 g/mol. The summed E-state index contributed by atoms with van der Waals surface area (Å²) in [5.41, 5.74) is 1.61. The van der Waals surface area contributed by atoms with Crippen molar-refractivity contribution in [3.8, 4) is 11.5 Å². The third-order valence-electron chi connectivity index (χ3n) is 12.0. The van der Waals surface area contributed by atoms with Gasteiger partial charge < -0.3 is 36.8 Å². The van der Waals surface area contributed by atoms with Crippen LogP contribution in [0.3, 0.4) is 0 Å². The summed E-state index contributed by atoms with van der Waals surface area (Å²) in [5, 5.41) is 8.85. The van der Waals surface area contributed by atoms with Crippen LogP contribution in [0.25, 0.3) is 0 Å². The number of quaternary nitrogens is 5. The zero-order chi connectivity index (χ0) is 43.1. The monoisotopic (exact) mass is 814 g/mol. The molecule has 0 spiro atoms. The first kappa shape index (κ1) is 51.5. The van der Waals surface area contributed by atoms with Crippen LogP contribution in [0.4, 0.5) is 11.4 Å². The molecule has 0 fully saturated rings. The summed E-state index contributed by atoms with van der Waals surface area (Å²) in [7, 11) is 28.1. The summed E-state index contributed by atoms with van der Waals surface area (Å²) < 4.78 is 17.5. The topological polar surface area (TPSA) is 46.4 Å². The Balaban J connectivity index is 1.59. The van der Waals surface area contributed by atoms with Crippen molar-refractivity contribution < 1.29 is 31.9 Å². The van der Waals surface area contributed by atoms with Crippen molar-refractivity contribution in [2.24, 2.45) is 10.2 Å². The van der Waals surface area contributed by atoms with Crippen molar-refractivity contribution in [2.45, 2.75) is 71.1 Å². The molecule has 0 radical (unpaired) electrons. The molecule has 332 valence electrons. The molecule has 0 unspecified atom stereocenters. The summed E-state index contributed by atoms with van der Waals surface area (Å²) in [6.07, 6.45) is 12.9. The lowest BCUT2D eigenvalue weighted by Crippen LogP contribution is -2.51. The van der Waals surface area contributed by atoms with Gasteiger partial charge in [-0.05, 0) is 101 Å². The fourth-order valence-electron chi connectivity index (χ4n) is 7.21. The summed E-state index contributed by atoms with van der Waals surface area (Å²) in [4.78, 5) is 2.24. The third kappa shape index (κ3) is 25.1. The molecule has 0 heterocycles. The van der Waals surface area contributed by atoms with Gasteiger partial charge in [-0.2, -0.15) is 10.2 Å². The van der Waals surface area contributed by atoms with E-state index in [0.717, 1.165) is 84.3 Å². The highest BCUT2D eigenvalue weighted by Gasteiger charge is 2.24. The van der Waals surface area contributed by atoms with Crippen LogP contribution in [0, 0.1) is 0 Å². The van der Waals surface area contributed by atoms with Crippen molar-refractivity contribution in [1.29, 1.82) is 0 Å². The first-order chi connectivity index (χ1) is 27.2. The summed E-state index contributed by atoms with van der Waals surface area (Å²) in [5.74, 6) is 1.75. The molecule has 0 aliphatic carbocycles. The number of azo groups is 1. The van der Waals surface area contributed by atoms with Crippen LogP contribution in [0.1, 0.15) is 71.1 Å².